The average Bonchev–Trinajstić information content (AvgIpc) is 3.26. The maximum atomic E-state index is 13.8. The monoisotopic (exact) mass is 505 g/mol. The smallest absolute Gasteiger partial charge is 0.252 e. The summed E-state index contributed by atoms with van der Waals surface area (Å²) in [7, 11) is 0. The van der Waals surface area contributed by atoms with Gasteiger partial charge in [0.25, 0.3) is 5.91 Å². The Balaban J connectivity index is 1.62. The topological polar surface area (TPSA) is 129 Å². The molecule has 2 atom stereocenters. The van der Waals surface area contributed by atoms with Crippen molar-refractivity contribution in [2.75, 3.05) is 19.8 Å². The molecule has 0 saturated heterocycles. The van der Waals surface area contributed by atoms with Crippen LogP contribution in [0.25, 0.3) is 10.4 Å². The van der Waals surface area contributed by atoms with E-state index >= 15 is 0 Å². The Bertz CT molecular complexity index is 1140. The number of carbonyl (C=O) groups is 1. The summed E-state index contributed by atoms with van der Waals surface area (Å²) in [5.74, 6) is 1.37. The highest BCUT2D eigenvalue weighted by Gasteiger charge is 2.50. The molecular weight excluding hydrogens is 470 g/mol. The van der Waals surface area contributed by atoms with Gasteiger partial charge in [-0.25, -0.2) is 4.99 Å². The van der Waals surface area contributed by atoms with Crippen LogP contribution >= 0.6 is 0 Å². The molecule has 1 amide bonds. The predicted octanol–water partition coefficient (Wildman–Crippen LogP) is 5.23. The Morgan fingerprint density at radius 3 is 2.70 bits per heavy atom. The molecular formula is C28H35N5O4. The van der Waals surface area contributed by atoms with Crippen molar-refractivity contribution in [3.63, 3.8) is 0 Å². The van der Waals surface area contributed by atoms with Crippen LogP contribution < -0.4 is 10.1 Å². The number of nitrogens with zero attached hydrogens (tertiary/aromatic N) is 4. The lowest BCUT2D eigenvalue weighted by Gasteiger charge is -2.30. The van der Waals surface area contributed by atoms with Gasteiger partial charge in [-0.2, -0.15) is 0 Å². The van der Waals surface area contributed by atoms with E-state index in [9.17, 15) is 4.79 Å². The van der Waals surface area contributed by atoms with E-state index in [2.05, 4.69) is 15.3 Å². The van der Waals surface area contributed by atoms with Crippen molar-refractivity contribution in [3.8, 4) is 5.75 Å². The molecule has 9 heteroatoms. The van der Waals surface area contributed by atoms with E-state index in [1.54, 1.807) is 12.1 Å². The lowest BCUT2D eigenvalue weighted by atomic mass is 9.84. The van der Waals surface area contributed by atoms with Gasteiger partial charge in [0.15, 0.2) is 5.54 Å². The third-order valence-corrected chi connectivity index (χ3v) is 7.21. The minimum atomic E-state index is -1.21. The summed E-state index contributed by atoms with van der Waals surface area (Å²) in [6.45, 7) is 2.99. The summed E-state index contributed by atoms with van der Waals surface area (Å²) in [5.41, 5.74) is 9.79. The molecule has 0 aromatic heterocycles. The Labute approximate surface area is 217 Å². The van der Waals surface area contributed by atoms with Crippen molar-refractivity contribution in [1.82, 2.24) is 5.32 Å². The van der Waals surface area contributed by atoms with Gasteiger partial charge in [-0.3, -0.25) is 4.79 Å². The zero-order valence-corrected chi connectivity index (χ0v) is 21.3. The summed E-state index contributed by atoms with van der Waals surface area (Å²) in [4.78, 5) is 21.7. The van der Waals surface area contributed by atoms with Gasteiger partial charge < -0.3 is 19.9 Å². The number of nitrogens with one attached hydrogen (secondary N) is 1. The van der Waals surface area contributed by atoms with Gasteiger partial charge >= 0.3 is 0 Å². The molecule has 4 rings (SSSR count). The summed E-state index contributed by atoms with van der Waals surface area (Å²) in [6.07, 6.45) is 6.18. The average molecular weight is 506 g/mol. The highest BCUT2D eigenvalue weighted by molar-refractivity contribution is 6.01. The number of aliphatic imine (C=N–C) groups is 1. The number of azide groups is 1. The number of carbonyl (C=O) groups excluding carboxylic acids is 1. The number of aliphatic hydroxyl groups excluding tert-OH is 1. The van der Waals surface area contributed by atoms with E-state index in [4.69, 9.17) is 25.1 Å². The van der Waals surface area contributed by atoms with E-state index in [1.807, 2.05) is 43.3 Å². The van der Waals surface area contributed by atoms with E-state index in [-0.39, 0.29) is 18.9 Å². The highest BCUT2D eigenvalue weighted by atomic mass is 16.5. The van der Waals surface area contributed by atoms with Crippen LogP contribution in [0, 0.1) is 5.92 Å². The molecule has 1 fully saturated rings. The number of rotatable bonds is 11. The maximum absolute atomic E-state index is 13.8. The number of amides is 1. The molecule has 2 N–H and O–H groups in total. The van der Waals surface area contributed by atoms with Crippen LogP contribution in [0.4, 0.5) is 5.69 Å². The molecule has 9 nitrogen and oxygen atoms in total. The van der Waals surface area contributed by atoms with Crippen molar-refractivity contribution < 1.29 is 19.4 Å². The molecule has 2 aromatic rings. The molecule has 0 radical (unpaired) electrons. The van der Waals surface area contributed by atoms with E-state index in [0.717, 1.165) is 24.0 Å². The number of ether oxygens (including phenoxy) is 2. The Morgan fingerprint density at radius 2 is 1.97 bits per heavy atom. The second-order valence-corrected chi connectivity index (χ2v) is 9.76. The van der Waals surface area contributed by atoms with Gasteiger partial charge in [-0.05, 0) is 61.0 Å². The molecule has 1 aliphatic carbocycles. The second-order valence-electron chi connectivity index (χ2n) is 9.76. The van der Waals surface area contributed by atoms with Crippen LogP contribution in [-0.4, -0.2) is 48.3 Å². The third kappa shape index (κ3) is 6.42. The first-order valence-corrected chi connectivity index (χ1v) is 13.1. The first kappa shape index (κ1) is 26.5. The van der Waals surface area contributed by atoms with Crippen LogP contribution in [0.5, 0.6) is 5.75 Å². The number of hydrogen-bond acceptors (Lipinski definition) is 6. The zero-order valence-electron chi connectivity index (χ0n) is 21.3. The van der Waals surface area contributed by atoms with Crippen molar-refractivity contribution in [2.24, 2.45) is 16.0 Å². The molecule has 196 valence electrons. The van der Waals surface area contributed by atoms with E-state index in [0.29, 0.717) is 42.8 Å². The van der Waals surface area contributed by atoms with Crippen molar-refractivity contribution >= 4 is 17.5 Å². The molecule has 1 heterocycles. The van der Waals surface area contributed by atoms with Crippen molar-refractivity contribution in [1.29, 1.82) is 0 Å². The van der Waals surface area contributed by atoms with Gasteiger partial charge in [-0.1, -0.05) is 48.6 Å². The minimum Gasteiger partial charge on any atom is -0.494 e. The largest absolute Gasteiger partial charge is 0.494 e. The standard InChI is InChI=1S/C28H35N5O4/c1-20-28(18-23-10-5-6-11-25(23)32-33-29,27(35)30-19-21-8-3-2-4-9-21)31-26(37-20)22-12-14-24(15-13-22)36-17-7-16-34/h5-6,10-15,20-21,34H,2-4,7-9,16-19H2,1H3,(H,30,35)/t20-,28-/m1/s1. The Morgan fingerprint density at radius 1 is 1.22 bits per heavy atom. The predicted molar refractivity (Wildman–Crippen MR) is 142 cm³/mol. The lowest BCUT2D eigenvalue weighted by Crippen LogP contribution is -2.53. The van der Waals surface area contributed by atoms with Gasteiger partial charge in [0, 0.05) is 42.2 Å². The SMILES string of the molecule is C[C@H]1OC(c2ccc(OCCCO)cc2)=N[C@@]1(Cc1ccccc1N=[N+]=[N-])C(=O)NCC1CCCCC1. The summed E-state index contributed by atoms with van der Waals surface area (Å²) in [6, 6.07) is 14.6. The van der Waals surface area contributed by atoms with Gasteiger partial charge in [0.2, 0.25) is 5.90 Å². The molecule has 0 unspecified atom stereocenters. The van der Waals surface area contributed by atoms with Crippen LogP contribution in [0.3, 0.4) is 0 Å². The van der Waals surface area contributed by atoms with Crippen LogP contribution in [-0.2, 0) is 16.0 Å². The fourth-order valence-corrected chi connectivity index (χ4v) is 5.02. The molecule has 2 aliphatic rings. The van der Waals surface area contributed by atoms with Crippen LogP contribution in [0.15, 0.2) is 58.6 Å². The maximum Gasteiger partial charge on any atom is 0.252 e. The van der Waals surface area contributed by atoms with Gasteiger partial charge in [-0.15, -0.1) is 0 Å². The summed E-state index contributed by atoms with van der Waals surface area (Å²) < 4.78 is 11.8. The summed E-state index contributed by atoms with van der Waals surface area (Å²) >= 11 is 0. The number of benzene rings is 2. The van der Waals surface area contributed by atoms with Gasteiger partial charge in [0.1, 0.15) is 11.9 Å². The van der Waals surface area contributed by atoms with Crippen molar-refractivity contribution in [3.05, 3.63) is 70.1 Å². The fraction of sp³-hybridized carbons (Fsp3) is 0.500. The fourth-order valence-electron chi connectivity index (χ4n) is 5.02. The van der Waals surface area contributed by atoms with E-state index in [1.165, 1.54) is 19.3 Å². The zero-order chi connectivity index (χ0) is 26.1. The lowest BCUT2D eigenvalue weighted by molar-refractivity contribution is -0.128. The molecule has 0 spiro atoms. The molecule has 37 heavy (non-hydrogen) atoms. The quantitative estimate of drug-likeness (QED) is 0.187. The van der Waals surface area contributed by atoms with Gasteiger partial charge in [0.05, 0.1) is 6.61 Å². The number of hydrogen-bond donors (Lipinski definition) is 2. The Hall–Kier alpha value is -3.55. The molecule has 0 bridgehead atoms. The molecule has 1 aliphatic heterocycles. The van der Waals surface area contributed by atoms with Crippen LogP contribution in [0.2, 0.25) is 0 Å². The first-order valence-electron chi connectivity index (χ1n) is 13.1. The Kier molecular flexibility index (Phi) is 9.04. The molecule has 1 saturated carbocycles. The summed E-state index contributed by atoms with van der Waals surface area (Å²) in [5, 5.41) is 16.0. The van der Waals surface area contributed by atoms with E-state index < -0.39 is 11.6 Å². The highest BCUT2D eigenvalue weighted by Crippen LogP contribution is 2.35. The minimum absolute atomic E-state index is 0.0777. The normalized spacial score (nSPS) is 21.5. The second kappa shape index (κ2) is 12.6. The third-order valence-electron chi connectivity index (χ3n) is 7.21. The number of aliphatic hydroxyl groups is 1. The first-order chi connectivity index (χ1) is 18.1. The van der Waals surface area contributed by atoms with Crippen LogP contribution in [0.1, 0.15) is 56.6 Å². The van der Waals surface area contributed by atoms with Crippen molar-refractivity contribution in [2.45, 2.75) is 63.5 Å². The molecule has 2 aromatic carbocycles.